The molecule has 5 aromatic rings. The highest BCUT2D eigenvalue weighted by atomic mass is 16.6. The maximum atomic E-state index is 12.1. The Balaban J connectivity index is 0.000000386. The van der Waals surface area contributed by atoms with Crippen molar-refractivity contribution >= 4 is 59.5 Å². The molecule has 2 heterocycles. The van der Waals surface area contributed by atoms with Crippen LogP contribution in [0.25, 0.3) is 0 Å². The molecule has 0 atom stereocenters. The average Bonchev–Trinajstić information content (AvgIpc) is 3.48. The van der Waals surface area contributed by atoms with Gasteiger partial charge in [0.05, 0.1) is 72.0 Å². The van der Waals surface area contributed by atoms with Crippen molar-refractivity contribution in [2.24, 2.45) is 0 Å². The van der Waals surface area contributed by atoms with Crippen molar-refractivity contribution in [3.05, 3.63) is 174 Å². The van der Waals surface area contributed by atoms with Crippen LogP contribution in [0.3, 0.4) is 0 Å². The molecule has 0 saturated heterocycles. The zero-order valence-electron chi connectivity index (χ0n) is 42.4. The van der Waals surface area contributed by atoms with Gasteiger partial charge in [0.25, 0.3) is 0 Å². The number of esters is 7. The summed E-state index contributed by atoms with van der Waals surface area (Å²) in [7, 11) is 1.42. The van der Waals surface area contributed by atoms with Gasteiger partial charge in [0, 0.05) is 36.9 Å². The number of benzene rings is 3. The number of aromatic carboxylic acids is 2. The van der Waals surface area contributed by atoms with Crippen molar-refractivity contribution < 1.29 is 125 Å². The van der Waals surface area contributed by atoms with E-state index in [9.17, 15) is 57.5 Å². The van der Waals surface area contributed by atoms with Crippen LogP contribution in [0.4, 0.5) is 0 Å². The maximum Gasteiger partial charge on any atom is 0.374 e. The van der Waals surface area contributed by atoms with Gasteiger partial charge < -0.3 is 77.4 Å². The summed E-state index contributed by atoms with van der Waals surface area (Å²) in [5, 5.41) is 50.9. The Labute approximate surface area is 451 Å². The number of ketones is 1. The topological polar surface area (TPSA) is 426 Å². The number of carbonyl (C=O) groups excluding carboxylic acids is 8. The SMILES string of the molecule is COCCOC(=O)c1cc(C(=O)OCCOC(=O)c2ccc(C(C)=O)cc2)cc(=O)o1.O=C(O)c1ccc(C(=O)O)cc1.O=C(OCCO)c1cc(C(=O)OCCO)oc(=O)c1.O=C(OCCO)c1ccc(C(=O)OCCO)cc1. The van der Waals surface area contributed by atoms with Crippen molar-refractivity contribution in [2.75, 3.05) is 86.4 Å². The number of hydrogen-bond acceptors (Lipinski definition) is 26. The molecule has 0 aliphatic carbocycles. The largest absolute Gasteiger partial charge is 0.478 e. The van der Waals surface area contributed by atoms with Crippen LogP contribution < -0.4 is 11.3 Å². The van der Waals surface area contributed by atoms with Crippen molar-refractivity contribution in [3.63, 3.8) is 0 Å². The molecule has 3 aromatic carbocycles. The number of carbonyl (C=O) groups is 10. The molecule has 0 radical (unpaired) electrons. The summed E-state index contributed by atoms with van der Waals surface area (Å²) >= 11 is 0. The molecule has 0 unspecified atom stereocenters. The van der Waals surface area contributed by atoms with Crippen LogP contribution in [0.15, 0.2) is 115 Å². The summed E-state index contributed by atoms with van der Waals surface area (Å²) in [6, 6.07) is 20.3. The highest BCUT2D eigenvalue weighted by Gasteiger charge is 2.19. The van der Waals surface area contributed by atoms with E-state index in [1.54, 1.807) is 0 Å². The van der Waals surface area contributed by atoms with Crippen molar-refractivity contribution in [1.82, 2.24) is 0 Å². The molecule has 0 aliphatic heterocycles. The molecule has 28 heteroatoms. The lowest BCUT2D eigenvalue weighted by molar-refractivity contribution is 0.0263. The second-order valence-electron chi connectivity index (χ2n) is 14.8. The number of carboxylic acid groups (broad SMARTS) is 2. The maximum absolute atomic E-state index is 12.1. The zero-order valence-corrected chi connectivity index (χ0v) is 42.4. The van der Waals surface area contributed by atoms with Crippen LogP contribution in [-0.2, 0) is 37.9 Å². The number of ether oxygens (including phenoxy) is 8. The van der Waals surface area contributed by atoms with Gasteiger partial charge in [-0.3, -0.25) is 4.79 Å². The van der Waals surface area contributed by atoms with Crippen molar-refractivity contribution in [1.29, 1.82) is 0 Å². The summed E-state index contributed by atoms with van der Waals surface area (Å²) < 4.78 is 47.3. The van der Waals surface area contributed by atoms with E-state index in [4.69, 9.17) is 63.5 Å². The van der Waals surface area contributed by atoms with Crippen molar-refractivity contribution in [3.8, 4) is 0 Å². The van der Waals surface area contributed by atoms with Gasteiger partial charge in [-0.1, -0.05) is 12.1 Å². The number of hydrogen-bond donors (Lipinski definition) is 6. The van der Waals surface area contributed by atoms with E-state index in [1.807, 2.05) is 0 Å². The summed E-state index contributed by atoms with van der Waals surface area (Å²) in [5.41, 5.74) is -0.859. The van der Waals surface area contributed by atoms with Crippen LogP contribution in [0.5, 0.6) is 0 Å². The third kappa shape index (κ3) is 24.5. The van der Waals surface area contributed by atoms with Crippen LogP contribution >= 0.6 is 0 Å². The van der Waals surface area contributed by atoms with E-state index in [0.717, 1.165) is 24.3 Å². The Morgan fingerprint density at radius 1 is 0.350 bits per heavy atom. The Hall–Kier alpha value is -9.74. The lowest BCUT2D eigenvalue weighted by Gasteiger charge is -2.07. The molecule has 5 rings (SSSR count). The molecular weight excluding hydrogens is 1070 g/mol. The normalized spacial score (nSPS) is 9.97. The van der Waals surface area contributed by atoms with Gasteiger partial charge in [0.2, 0.25) is 11.5 Å². The number of aliphatic hydroxyl groups excluding tert-OH is 4. The Kier molecular flexibility index (Phi) is 30.1. The second-order valence-corrected chi connectivity index (χ2v) is 14.8. The minimum atomic E-state index is -1.06. The van der Waals surface area contributed by atoms with E-state index in [2.05, 4.69) is 13.9 Å². The molecule has 0 amide bonds. The molecule has 0 fully saturated rings. The predicted octanol–water partition coefficient (Wildman–Crippen LogP) is 1.67. The average molecular weight is 1120 g/mol. The third-order valence-corrected chi connectivity index (χ3v) is 9.05. The van der Waals surface area contributed by atoms with E-state index < -0.39 is 76.5 Å². The third-order valence-electron chi connectivity index (χ3n) is 9.05. The van der Waals surface area contributed by atoms with Gasteiger partial charge in [-0.25, -0.2) is 52.7 Å². The number of Topliss-reactive ketones (excluding diaryl/α,β-unsaturated/α-hetero) is 1. The standard InChI is InChI=1S/C21H20O10.C12H14O6.C11H12O8.C8H6O4/c1-13(22)14-3-5-15(6-4-14)19(24)28-9-10-29-20(25)16-11-17(31-18(23)12-16)21(26)30-8-7-27-2;13-5-7-17-11(15)9-1-2-10(4-3-9)12(16)18-8-6-14;12-1-3-17-10(15)7-5-8(19-9(14)6-7)11(16)18-4-2-13;9-7(10)5-1-2-6(4-3-5)8(11)12/h3-6,11-12H,7-10H2,1-2H3;1-4,13-14H,5-8H2;5-6,12-13H,1-4H2;1-4H,(H,9,10)(H,11,12). The first-order valence-electron chi connectivity index (χ1n) is 22.9. The zero-order chi connectivity index (χ0) is 59.6. The van der Waals surface area contributed by atoms with Gasteiger partial charge in [0.1, 0.15) is 46.2 Å². The predicted molar refractivity (Wildman–Crippen MR) is 265 cm³/mol. The Bertz CT molecular complexity index is 2880. The van der Waals surface area contributed by atoms with E-state index in [0.29, 0.717) is 5.56 Å². The van der Waals surface area contributed by atoms with E-state index >= 15 is 0 Å². The van der Waals surface area contributed by atoms with Gasteiger partial charge in [-0.15, -0.1) is 0 Å². The van der Waals surface area contributed by atoms with Crippen LogP contribution in [0.1, 0.15) is 111 Å². The first kappa shape index (κ1) is 66.4. The van der Waals surface area contributed by atoms with Crippen molar-refractivity contribution in [2.45, 2.75) is 6.92 Å². The number of aliphatic hydroxyl groups is 4. The molecule has 80 heavy (non-hydrogen) atoms. The molecule has 0 bridgehead atoms. The fourth-order valence-corrected chi connectivity index (χ4v) is 5.33. The first-order chi connectivity index (χ1) is 38.2. The summed E-state index contributed by atoms with van der Waals surface area (Å²) in [6.45, 7) is -0.888. The quantitative estimate of drug-likeness (QED) is 0.0221. The fourth-order valence-electron chi connectivity index (χ4n) is 5.33. The molecule has 0 saturated carbocycles. The lowest BCUT2D eigenvalue weighted by Crippen LogP contribution is -2.17. The summed E-state index contributed by atoms with van der Waals surface area (Å²) in [6.07, 6.45) is 0. The van der Waals surface area contributed by atoms with Gasteiger partial charge in [0.15, 0.2) is 5.78 Å². The minimum Gasteiger partial charge on any atom is -0.478 e. The molecule has 6 N–H and O–H groups in total. The summed E-state index contributed by atoms with van der Waals surface area (Å²) in [4.78, 5) is 136. The van der Waals surface area contributed by atoms with Gasteiger partial charge in [-0.05, 0) is 67.6 Å². The smallest absolute Gasteiger partial charge is 0.374 e. The molecular formula is C52H52O28. The highest BCUT2D eigenvalue weighted by Crippen LogP contribution is 2.11. The van der Waals surface area contributed by atoms with E-state index in [1.165, 1.54) is 86.8 Å². The van der Waals surface area contributed by atoms with Gasteiger partial charge >= 0.3 is 65.0 Å². The molecule has 428 valence electrons. The lowest BCUT2D eigenvalue weighted by atomic mass is 10.1. The van der Waals surface area contributed by atoms with Crippen LogP contribution in [-0.4, -0.2) is 177 Å². The number of carboxylic acids is 2. The monoisotopic (exact) mass is 1120 g/mol. The summed E-state index contributed by atoms with van der Waals surface area (Å²) in [5.74, 6) is -8.71. The fraction of sp³-hybridized carbons (Fsp3) is 0.269. The van der Waals surface area contributed by atoms with Gasteiger partial charge in [-0.2, -0.15) is 0 Å². The number of rotatable bonds is 24. The second kappa shape index (κ2) is 36.3. The van der Waals surface area contributed by atoms with E-state index in [-0.39, 0.29) is 124 Å². The molecule has 28 nitrogen and oxygen atoms in total. The minimum absolute atomic E-state index is 0.0590. The first-order valence-corrected chi connectivity index (χ1v) is 22.9. The van der Waals surface area contributed by atoms with Crippen LogP contribution in [0, 0.1) is 0 Å². The Morgan fingerprint density at radius 2 is 0.600 bits per heavy atom. The molecule has 0 spiro atoms. The molecule has 2 aromatic heterocycles. The highest BCUT2D eigenvalue weighted by molar-refractivity contribution is 5.97. The number of methoxy groups -OCH3 is 1. The molecule has 0 aliphatic rings. The van der Waals surface area contributed by atoms with Crippen LogP contribution in [0.2, 0.25) is 0 Å². The Morgan fingerprint density at radius 3 is 0.887 bits per heavy atom.